The van der Waals surface area contributed by atoms with Gasteiger partial charge in [-0.05, 0) is 41.2 Å². The minimum atomic E-state index is 0.366. The lowest BCUT2D eigenvalue weighted by atomic mass is 9.58. The number of fused-ring (bicyclic) bond motifs is 1. The third-order valence-electron chi connectivity index (χ3n) is 5.25. The first-order valence-electron chi connectivity index (χ1n) is 7.50. The highest BCUT2D eigenvalue weighted by atomic mass is 14.5. The van der Waals surface area contributed by atoms with Crippen molar-refractivity contribution in [3.8, 4) is 0 Å². The average molecular weight is 244 g/mol. The Morgan fingerprint density at radius 3 is 2.00 bits per heavy atom. The van der Waals surface area contributed by atoms with Crippen LogP contribution in [0, 0.1) is 23.7 Å². The molecule has 0 spiro atoms. The summed E-state index contributed by atoms with van der Waals surface area (Å²) in [6.07, 6.45) is 1.27. The van der Waals surface area contributed by atoms with E-state index in [0.29, 0.717) is 17.3 Å². The summed E-state index contributed by atoms with van der Waals surface area (Å²) in [6.45, 7) is 14.5. The minimum Gasteiger partial charge on any atom is -0.0625 e. The molecule has 0 fully saturated rings. The lowest BCUT2D eigenvalue weighted by Crippen LogP contribution is -2.44. The molecule has 1 aromatic carbocycles. The molecule has 0 bridgehead atoms. The Bertz CT molecular complexity index is 404. The quantitative estimate of drug-likeness (QED) is 0.697. The van der Waals surface area contributed by atoms with Crippen molar-refractivity contribution in [2.45, 2.75) is 53.4 Å². The summed E-state index contributed by atoms with van der Waals surface area (Å²) in [7, 11) is 0. The third kappa shape index (κ3) is 1.73. The third-order valence-corrected chi connectivity index (χ3v) is 5.25. The second-order valence-corrected chi connectivity index (χ2v) is 6.95. The standard InChI is InChI=1S/C18H28/c1-12(2)17-11-15-9-7-8-10-16(15)18(17,13(3)4)14(5)6/h7-10,12-14,17H,11H2,1-6H3. The molecule has 0 nitrogen and oxygen atoms in total. The highest BCUT2D eigenvalue weighted by Gasteiger charge is 2.51. The Morgan fingerprint density at radius 2 is 1.50 bits per heavy atom. The van der Waals surface area contributed by atoms with E-state index in [1.54, 1.807) is 11.1 Å². The maximum atomic E-state index is 2.41. The van der Waals surface area contributed by atoms with Gasteiger partial charge in [-0.3, -0.25) is 0 Å². The van der Waals surface area contributed by atoms with Crippen LogP contribution in [0.5, 0.6) is 0 Å². The molecule has 2 rings (SSSR count). The van der Waals surface area contributed by atoms with Gasteiger partial charge < -0.3 is 0 Å². The topological polar surface area (TPSA) is 0 Å². The number of benzene rings is 1. The molecule has 0 heterocycles. The van der Waals surface area contributed by atoms with Crippen molar-refractivity contribution in [1.82, 2.24) is 0 Å². The van der Waals surface area contributed by atoms with Crippen LogP contribution in [-0.2, 0) is 11.8 Å². The van der Waals surface area contributed by atoms with Gasteiger partial charge >= 0.3 is 0 Å². The van der Waals surface area contributed by atoms with E-state index in [4.69, 9.17) is 0 Å². The molecule has 1 aromatic rings. The van der Waals surface area contributed by atoms with Gasteiger partial charge in [-0.25, -0.2) is 0 Å². The molecular formula is C18H28. The van der Waals surface area contributed by atoms with Crippen LogP contribution in [0.2, 0.25) is 0 Å². The van der Waals surface area contributed by atoms with Crippen LogP contribution in [0.15, 0.2) is 24.3 Å². The highest BCUT2D eigenvalue weighted by Crippen LogP contribution is 2.55. The molecule has 1 atom stereocenters. The summed E-state index contributed by atoms with van der Waals surface area (Å²) in [5, 5.41) is 0. The van der Waals surface area contributed by atoms with Crippen LogP contribution in [0.4, 0.5) is 0 Å². The smallest absolute Gasteiger partial charge is 0.00355 e. The molecule has 1 aliphatic carbocycles. The molecule has 0 N–H and O–H groups in total. The fourth-order valence-corrected chi connectivity index (χ4v) is 4.66. The molecule has 0 radical (unpaired) electrons. The molecule has 18 heavy (non-hydrogen) atoms. The van der Waals surface area contributed by atoms with E-state index in [1.165, 1.54) is 6.42 Å². The normalized spacial score (nSPS) is 21.9. The van der Waals surface area contributed by atoms with Gasteiger partial charge in [-0.1, -0.05) is 65.8 Å². The van der Waals surface area contributed by atoms with Gasteiger partial charge in [0, 0.05) is 5.41 Å². The zero-order chi connectivity index (χ0) is 13.5. The second-order valence-electron chi connectivity index (χ2n) is 6.95. The molecule has 0 heteroatoms. The summed E-state index contributed by atoms with van der Waals surface area (Å²) < 4.78 is 0. The molecule has 0 saturated carbocycles. The van der Waals surface area contributed by atoms with Gasteiger partial charge in [0.15, 0.2) is 0 Å². The zero-order valence-corrected chi connectivity index (χ0v) is 12.8. The van der Waals surface area contributed by atoms with E-state index in [-0.39, 0.29) is 0 Å². The van der Waals surface area contributed by atoms with Gasteiger partial charge in [-0.15, -0.1) is 0 Å². The van der Waals surface area contributed by atoms with Gasteiger partial charge in [-0.2, -0.15) is 0 Å². The fraction of sp³-hybridized carbons (Fsp3) is 0.667. The highest BCUT2D eigenvalue weighted by molar-refractivity contribution is 5.42. The molecule has 0 aliphatic heterocycles. The Hall–Kier alpha value is -0.780. The van der Waals surface area contributed by atoms with Crippen LogP contribution in [-0.4, -0.2) is 0 Å². The predicted molar refractivity (Wildman–Crippen MR) is 79.8 cm³/mol. The van der Waals surface area contributed by atoms with Crippen LogP contribution in [0.3, 0.4) is 0 Å². The van der Waals surface area contributed by atoms with Crippen molar-refractivity contribution in [3.63, 3.8) is 0 Å². The lowest BCUT2D eigenvalue weighted by molar-refractivity contribution is 0.109. The molecule has 0 aromatic heterocycles. The first-order valence-corrected chi connectivity index (χ1v) is 7.50. The van der Waals surface area contributed by atoms with Gasteiger partial charge in [0.05, 0.1) is 0 Å². The summed E-state index contributed by atoms with van der Waals surface area (Å²) in [5.41, 5.74) is 3.59. The maximum Gasteiger partial charge on any atom is 0.00355 e. The first-order chi connectivity index (χ1) is 8.42. The van der Waals surface area contributed by atoms with E-state index in [0.717, 1.165) is 11.8 Å². The average Bonchev–Trinajstić information content (AvgIpc) is 2.64. The fourth-order valence-electron chi connectivity index (χ4n) is 4.66. The van der Waals surface area contributed by atoms with Crippen molar-refractivity contribution in [1.29, 1.82) is 0 Å². The summed E-state index contributed by atoms with van der Waals surface area (Å²) in [6, 6.07) is 9.16. The molecule has 0 saturated heterocycles. The monoisotopic (exact) mass is 244 g/mol. The van der Waals surface area contributed by atoms with E-state index >= 15 is 0 Å². The Balaban J connectivity index is 2.64. The minimum absolute atomic E-state index is 0.366. The summed E-state index contributed by atoms with van der Waals surface area (Å²) in [5.74, 6) is 2.94. The Kier molecular flexibility index (Phi) is 3.58. The van der Waals surface area contributed by atoms with Crippen molar-refractivity contribution in [3.05, 3.63) is 35.4 Å². The maximum absolute atomic E-state index is 2.41. The molecule has 1 unspecified atom stereocenters. The zero-order valence-electron chi connectivity index (χ0n) is 12.8. The Labute approximate surface area is 113 Å². The molecule has 0 amide bonds. The van der Waals surface area contributed by atoms with Gasteiger partial charge in [0.25, 0.3) is 0 Å². The number of hydrogen-bond donors (Lipinski definition) is 0. The van der Waals surface area contributed by atoms with E-state index in [9.17, 15) is 0 Å². The van der Waals surface area contributed by atoms with Gasteiger partial charge in [0.2, 0.25) is 0 Å². The number of hydrogen-bond acceptors (Lipinski definition) is 0. The van der Waals surface area contributed by atoms with Crippen molar-refractivity contribution in [2.75, 3.05) is 0 Å². The Morgan fingerprint density at radius 1 is 0.944 bits per heavy atom. The molecule has 1 aliphatic rings. The summed E-state index contributed by atoms with van der Waals surface area (Å²) >= 11 is 0. The van der Waals surface area contributed by atoms with Crippen LogP contribution < -0.4 is 0 Å². The predicted octanol–water partition coefficient (Wildman–Crippen LogP) is 5.06. The molecule has 100 valence electrons. The van der Waals surface area contributed by atoms with Crippen LogP contribution in [0.25, 0.3) is 0 Å². The van der Waals surface area contributed by atoms with Gasteiger partial charge in [0.1, 0.15) is 0 Å². The lowest BCUT2D eigenvalue weighted by Gasteiger charge is -2.46. The van der Waals surface area contributed by atoms with E-state index in [1.807, 2.05) is 0 Å². The first kappa shape index (κ1) is 13.6. The van der Waals surface area contributed by atoms with Crippen molar-refractivity contribution >= 4 is 0 Å². The van der Waals surface area contributed by atoms with E-state index in [2.05, 4.69) is 65.8 Å². The van der Waals surface area contributed by atoms with Crippen molar-refractivity contribution in [2.24, 2.45) is 23.7 Å². The largest absolute Gasteiger partial charge is 0.0625 e. The van der Waals surface area contributed by atoms with Crippen LogP contribution in [0.1, 0.15) is 52.7 Å². The van der Waals surface area contributed by atoms with Crippen LogP contribution >= 0.6 is 0 Å². The van der Waals surface area contributed by atoms with E-state index < -0.39 is 0 Å². The SMILES string of the molecule is CC(C)C1Cc2ccccc2C1(C(C)C)C(C)C. The summed E-state index contributed by atoms with van der Waals surface area (Å²) in [4.78, 5) is 0. The number of rotatable bonds is 3. The second kappa shape index (κ2) is 4.72. The molecular weight excluding hydrogens is 216 g/mol. The van der Waals surface area contributed by atoms with Crippen molar-refractivity contribution < 1.29 is 0 Å².